The summed E-state index contributed by atoms with van der Waals surface area (Å²) in [7, 11) is -1.87. The van der Waals surface area contributed by atoms with Crippen LogP contribution in [0.1, 0.15) is 22.4 Å². The van der Waals surface area contributed by atoms with Crippen LogP contribution in [0.3, 0.4) is 0 Å². The van der Waals surface area contributed by atoms with E-state index in [-0.39, 0.29) is 0 Å². The average molecular weight is 320 g/mol. The van der Waals surface area contributed by atoms with Crippen molar-refractivity contribution in [3.8, 4) is 0 Å². The minimum Gasteiger partial charge on any atom is -0.312 e. The number of nitrogens with one attached hydrogen (secondary N) is 2. The van der Waals surface area contributed by atoms with Gasteiger partial charge >= 0.3 is 0 Å². The smallest absolute Gasteiger partial charge is 0.263 e. The molecule has 0 amide bonds. The maximum Gasteiger partial charge on any atom is 0.263 e. The van der Waals surface area contributed by atoms with E-state index in [1.54, 1.807) is 24.7 Å². The zero-order chi connectivity index (χ0) is 15.9. The van der Waals surface area contributed by atoms with Crippen LogP contribution in [0.25, 0.3) is 0 Å². The monoisotopic (exact) mass is 320 g/mol. The zero-order valence-electron chi connectivity index (χ0n) is 13.0. The van der Waals surface area contributed by atoms with Gasteiger partial charge in [-0.25, -0.2) is 8.42 Å². The number of fused-ring (bicyclic) bond motifs is 1. The summed E-state index contributed by atoms with van der Waals surface area (Å²) in [6.07, 6.45) is 0.814. The molecule has 0 bridgehead atoms. The van der Waals surface area contributed by atoms with Crippen molar-refractivity contribution in [2.24, 2.45) is 7.05 Å². The lowest BCUT2D eigenvalue weighted by Crippen LogP contribution is -2.24. The third-order valence-electron chi connectivity index (χ3n) is 3.93. The molecule has 1 aliphatic heterocycles. The summed E-state index contributed by atoms with van der Waals surface area (Å²) in [5.74, 6) is 0.545. The van der Waals surface area contributed by atoms with Crippen molar-refractivity contribution in [2.75, 3.05) is 11.3 Å². The summed E-state index contributed by atoms with van der Waals surface area (Å²) in [6.45, 7) is 5.18. The first-order valence-electron chi connectivity index (χ1n) is 7.24. The normalized spacial score (nSPS) is 14.7. The molecule has 0 atom stereocenters. The Kier molecular flexibility index (Phi) is 3.70. The number of benzene rings is 1. The van der Waals surface area contributed by atoms with Crippen molar-refractivity contribution in [2.45, 2.75) is 31.7 Å². The summed E-state index contributed by atoms with van der Waals surface area (Å²) in [4.78, 5) is 0.311. The van der Waals surface area contributed by atoms with Gasteiger partial charge < -0.3 is 5.32 Å². The van der Waals surface area contributed by atoms with Crippen LogP contribution in [-0.2, 0) is 30.0 Å². The summed E-state index contributed by atoms with van der Waals surface area (Å²) < 4.78 is 29.8. The first-order valence-corrected chi connectivity index (χ1v) is 8.72. The van der Waals surface area contributed by atoms with E-state index in [0.29, 0.717) is 17.3 Å². The molecule has 0 radical (unpaired) electrons. The molecule has 118 valence electrons. The Labute approximate surface area is 130 Å². The van der Waals surface area contributed by atoms with Gasteiger partial charge in [0.1, 0.15) is 5.82 Å². The summed E-state index contributed by atoms with van der Waals surface area (Å²) >= 11 is 0. The van der Waals surface area contributed by atoms with E-state index < -0.39 is 10.0 Å². The van der Waals surface area contributed by atoms with Crippen LogP contribution in [0.15, 0.2) is 23.1 Å². The topological polar surface area (TPSA) is 76.0 Å². The van der Waals surface area contributed by atoms with Crippen molar-refractivity contribution >= 4 is 15.8 Å². The molecule has 2 aromatic rings. The highest BCUT2D eigenvalue weighted by Crippen LogP contribution is 2.26. The zero-order valence-corrected chi connectivity index (χ0v) is 13.8. The highest BCUT2D eigenvalue weighted by Gasteiger charge is 2.24. The molecule has 7 heteroatoms. The lowest BCUT2D eigenvalue weighted by atomic mass is 10.1. The van der Waals surface area contributed by atoms with Crippen molar-refractivity contribution in [1.82, 2.24) is 15.1 Å². The van der Waals surface area contributed by atoms with E-state index in [4.69, 9.17) is 0 Å². The minimum absolute atomic E-state index is 0.311. The number of hydrogen-bond acceptors (Lipinski definition) is 4. The highest BCUT2D eigenvalue weighted by atomic mass is 32.2. The Balaban J connectivity index is 2.02. The molecule has 2 heterocycles. The summed E-state index contributed by atoms with van der Waals surface area (Å²) in [6, 6.07) is 5.42. The van der Waals surface area contributed by atoms with Gasteiger partial charge in [-0.2, -0.15) is 5.10 Å². The Morgan fingerprint density at radius 3 is 2.86 bits per heavy atom. The number of rotatable bonds is 3. The Bertz CT molecular complexity index is 824. The molecule has 3 rings (SSSR count). The van der Waals surface area contributed by atoms with Crippen LogP contribution in [0, 0.1) is 13.8 Å². The Hall–Kier alpha value is -1.86. The molecule has 1 aromatic carbocycles. The van der Waals surface area contributed by atoms with Gasteiger partial charge in [0.25, 0.3) is 10.0 Å². The molecular formula is C15H20N4O2S. The van der Waals surface area contributed by atoms with Gasteiger partial charge in [-0.1, -0.05) is 12.1 Å². The lowest BCUT2D eigenvalue weighted by Gasteiger charge is -2.15. The van der Waals surface area contributed by atoms with Crippen LogP contribution < -0.4 is 10.0 Å². The molecule has 22 heavy (non-hydrogen) atoms. The number of hydrogen-bond donors (Lipinski definition) is 2. The van der Waals surface area contributed by atoms with Gasteiger partial charge in [0.15, 0.2) is 0 Å². The van der Waals surface area contributed by atoms with Gasteiger partial charge in [-0.3, -0.25) is 9.40 Å². The molecule has 0 fully saturated rings. The number of nitrogens with zero attached hydrogens (tertiary/aromatic N) is 2. The predicted octanol–water partition coefficient (Wildman–Crippen LogP) is 1.48. The van der Waals surface area contributed by atoms with Crippen molar-refractivity contribution in [3.63, 3.8) is 0 Å². The lowest BCUT2D eigenvalue weighted by molar-refractivity contribution is 0.599. The van der Waals surface area contributed by atoms with Crippen LogP contribution in [0.4, 0.5) is 5.82 Å². The van der Waals surface area contributed by atoms with Crippen LogP contribution in [0.5, 0.6) is 0 Å². The maximum absolute atomic E-state index is 12.7. The maximum atomic E-state index is 12.7. The van der Waals surface area contributed by atoms with Gasteiger partial charge in [0.05, 0.1) is 10.6 Å². The summed E-state index contributed by atoms with van der Waals surface area (Å²) in [5.41, 5.74) is 3.54. The van der Waals surface area contributed by atoms with Crippen molar-refractivity contribution in [3.05, 3.63) is 40.6 Å². The molecule has 0 spiro atoms. The van der Waals surface area contributed by atoms with E-state index in [9.17, 15) is 8.42 Å². The average Bonchev–Trinajstić information content (AvgIpc) is 2.77. The fourth-order valence-electron chi connectivity index (χ4n) is 2.74. The highest BCUT2D eigenvalue weighted by molar-refractivity contribution is 7.92. The Morgan fingerprint density at radius 1 is 1.32 bits per heavy atom. The second kappa shape index (κ2) is 5.40. The fraction of sp³-hybridized carbons (Fsp3) is 0.400. The summed E-state index contributed by atoms with van der Waals surface area (Å²) in [5, 5.41) is 7.67. The second-order valence-corrected chi connectivity index (χ2v) is 7.35. The molecule has 0 unspecified atom stereocenters. The third-order valence-corrected chi connectivity index (χ3v) is 5.41. The van der Waals surface area contributed by atoms with Gasteiger partial charge in [-0.05, 0) is 31.0 Å². The van der Waals surface area contributed by atoms with E-state index in [1.807, 2.05) is 19.1 Å². The fourth-order valence-corrected chi connectivity index (χ4v) is 4.19. The van der Waals surface area contributed by atoms with E-state index in [1.165, 1.54) is 0 Å². The van der Waals surface area contributed by atoms with Crippen molar-refractivity contribution in [1.29, 1.82) is 0 Å². The van der Waals surface area contributed by atoms with Crippen LogP contribution >= 0.6 is 0 Å². The van der Waals surface area contributed by atoms with Crippen LogP contribution in [0.2, 0.25) is 0 Å². The van der Waals surface area contributed by atoms with Gasteiger partial charge in [-0.15, -0.1) is 0 Å². The number of aromatic nitrogens is 2. The standard InChI is InChI=1S/C15H20N4O2S/c1-10-4-5-11(2)14(8-10)22(20,21)18-15-12-9-16-7-6-13(12)17-19(15)3/h4-5,8,16,18H,6-7,9H2,1-3H3. The van der Waals surface area contributed by atoms with Crippen molar-refractivity contribution < 1.29 is 8.42 Å². The van der Waals surface area contributed by atoms with E-state index >= 15 is 0 Å². The van der Waals surface area contributed by atoms with E-state index in [0.717, 1.165) is 35.3 Å². The quantitative estimate of drug-likeness (QED) is 0.898. The van der Waals surface area contributed by atoms with E-state index in [2.05, 4.69) is 15.1 Å². The molecule has 0 saturated carbocycles. The predicted molar refractivity (Wildman–Crippen MR) is 85.3 cm³/mol. The third kappa shape index (κ3) is 2.62. The van der Waals surface area contributed by atoms with Crippen LogP contribution in [-0.4, -0.2) is 24.7 Å². The first-order chi connectivity index (χ1) is 10.4. The minimum atomic E-state index is -3.63. The molecular weight excluding hydrogens is 300 g/mol. The molecule has 0 aliphatic carbocycles. The van der Waals surface area contributed by atoms with Gasteiger partial charge in [0, 0.05) is 32.1 Å². The molecule has 1 aromatic heterocycles. The molecule has 1 aliphatic rings. The molecule has 6 nitrogen and oxygen atoms in total. The number of sulfonamides is 1. The number of aryl methyl sites for hydroxylation is 3. The van der Waals surface area contributed by atoms with Gasteiger partial charge in [0.2, 0.25) is 0 Å². The largest absolute Gasteiger partial charge is 0.312 e. The SMILES string of the molecule is Cc1ccc(C)c(S(=O)(=O)Nc2c3c(nn2C)CCNC3)c1. The second-order valence-electron chi connectivity index (χ2n) is 5.70. The molecule has 2 N–H and O–H groups in total. The molecule has 0 saturated heterocycles. The number of anilines is 1. The first kappa shape index (κ1) is 15.1. The Morgan fingerprint density at radius 2 is 2.09 bits per heavy atom.